The number of carbonyl (C=O) groups excluding carboxylic acids is 1. The highest BCUT2D eigenvalue weighted by atomic mass is 19.1. The number of nitrogens with one attached hydrogen (secondary N) is 1. The van der Waals surface area contributed by atoms with Crippen molar-refractivity contribution in [1.82, 2.24) is 4.90 Å². The summed E-state index contributed by atoms with van der Waals surface area (Å²) >= 11 is 0. The van der Waals surface area contributed by atoms with Crippen LogP contribution in [0.1, 0.15) is 0 Å². The molecule has 0 aliphatic rings. The topological polar surface area (TPSA) is 75.5 Å². The quantitative estimate of drug-likeness (QED) is 0.654. The summed E-state index contributed by atoms with van der Waals surface area (Å²) in [5.41, 5.74) is -1.25. The van der Waals surface area contributed by atoms with Gasteiger partial charge in [0.2, 0.25) is 5.91 Å². The normalized spacial score (nSPS) is 10.0. The number of hydrogen-bond donors (Lipinski definition) is 1. The molecule has 0 atom stereocenters. The van der Waals surface area contributed by atoms with Crippen molar-refractivity contribution in [2.45, 2.75) is 0 Å². The van der Waals surface area contributed by atoms with Gasteiger partial charge in [0.15, 0.2) is 11.6 Å². The van der Waals surface area contributed by atoms with E-state index in [-0.39, 0.29) is 12.5 Å². The van der Waals surface area contributed by atoms with Crippen molar-refractivity contribution in [1.29, 1.82) is 0 Å². The molecule has 6 nitrogen and oxygen atoms in total. The predicted molar refractivity (Wildman–Crippen MR) is 60.2 cm³/mol. The monoisotopic (exact) mass is 259 g/mol. The fraction of sp³-hybridized carbons (Fsp3) is 0.300. The molecule has 0 bridgehead atoms. The first-order valence-corrected chi connectivity index (χ1v) is 4.90. The van der Waals surface area contributed by atoms with Crippen molar-refractivity contribution in [3.05, 3.63) is 33.9 Å². The number of likely N-dealkylation sites (N-methyl/N-ethyl adjacent to an activating group) is 1. The molecule has 8 heteroatoms. The summed E-state index contributed by atoms with van der Waals surface area (Å²) in [6.07, 6.45) is 0. The molecular formula is C10H11F2N3O3. The van der Waals surface area contributed by atoms with Crippen LogP contribution in [0.5, 0.6) is 0 Å². The van der Waals surface area contributed by atoms with E-state index in [1.54, 1.807) is 0 Å². The summed E-state index contributed by atoms with van der Waals surface area (Å²) in [5.74, 6) is -2.62. The number of anilines is 1. The largest absolute Gasteiger partial charge is 0.371 e. The second-order valence-corrected chi connectivity index (χ2v) is 3.68. The molecule has 0 spiro atoms. The van der Waals surface area contributed by atoms with Gasteiger partial charge in [-0.3, -0.25) is 14.9 Å². The van der Waals surface area contributed by atoms with E-state index in [1.165, 1.54) is 19.0 Å². The van der Waals surface area contributed by atoms with Gasteiger partial charge in [0, 0.05) is 14.1 Å². The maximum absolute atomic E-state index is 13.4. The van der Waals surface area contributed by atoms with Crippen molar-refractivity contribution in [2.75, 3.05) is 26.0 Å². The zero-order chi connectivity index (χ0) is 13.9. The van der Waals surface area contributed by atoms with Gasteiger partial charge in [0.1, 0.15) is 5.69 Å². The number of nitrogens with zero attached hydrogens (tertiary/aromatic N) is 2. The minimum absolute atomic E-state index is 0.307. The molecule has 0 unspecified atom stereocenters. The van der Waals surface area contributed by atoms with Crippen LogP contribution in [0.3, 0.4) is 0 Å². The van der Waals surface area contributed by atoms with E-state index in [2.05, 4.69) is 5.32 Å². The number of halogens is 2. The van der Waals surface area contributed by atoms with Gasteiger partial charge in [-0.2, -0.15) is 0 Å². The summed E-state index contributed by atoms with van der Waals surface area (Å²) < 4.78 is 26.8. The van der Waals surface area contributed by atoms with Crippen molar-refractivity contribution < 1.29 is 18.5 Å². The van der Waals surface area contributed by atoms with Gasteiger partial charge in [-0.25, -0.2) is 8.78 Å². The van der Waals surface area contributed by atoms with E-state index in [0.717, 1.165) is 0 Å². The second kappa shape index (κ2) is 5.39. The van der Waals surface area contributed by atoms with E-state index in [9.17, 15) is 23.7 Å². The Morgan fingerprint density at radius 2 is 1.89 bits per heavy atom. The molecule has 0 fully saturated rings. The van der Waals surface area contributed by atoms with Crippen LogP contribution in [0.4, 0.5) is 20.2 Å². The molecule has 0 heterocycles. The zero-order valence-electron chi connectivity index (χ0n) is 9.74. The maximum Gasteiger partial charge on any atom is 0.275 e. The SMILES string of the molecule is CN(C)C(=O)CNc1c(F)cc([N+](=O)[O-])cc1F. The van der Waals surface area contributed by atoms with Crippen molar-refractivity contribution in [3.8, 4) is 0 Å². The van der Waals surface area contributed by atoms with Gasteiger partial charge >= 0.3 is 0 Å². The lowest BCUT2D eigenvalue weighted by atomic mass is 10.2. The third kappa shape index (κ3) is 3.12. The molecule has 98 valence electrons. The molecule has 1 rings (SSSR count). The highest BCUT2D eigenvalue weighted by Crippen LogP contribution is 2.24. The number of rotatable bonds is 4. The first-order chi connectivity index (χ1) is 8.32. The number of amides is 1. The molecule has 0 aliphatic carbocycles. The first-order valence-electron chi connectivity index (χ1n) is 4.90. The molecule has 0 aromatic heterocycles. The molecule has 1 aromatic rings. The van der Waals surface area contributed by atoms with Gasteiger partial charge in [0.25, 0.3) is 5.69 Å². The van der Waals surface area contributed by atoms with Crippen LogP contribution in [0, 0.1) is 21.7 Å². The van der Waals surface area contributed by atoms with Crippen molar-refractivity contribution in [3.63, 3.8) is 0 Å². The van der Waals surface area contributed by atoms with Gasteiger partial charge < -0.3 is 10.2 Å². The summed E-state index contributed by atoms with van der Waals surface area (Å²) in [4.78, 5) is 21.9. The summed E-state index contributed by atoms with van der Waals surface area (Å²) in [5, 5.41) is 12.6. The molecule has 1 amide bonds. The lowest BCUT2D eigenvalue weighted by Gasteiger charge is -2.12. The highest BCUT2D eigenvalue weighted by molar-refractivity contribution is 5.80. The standard InChI is InChI=1S/C10H11F2N3O3/c1-14(2)9(16)5-13-10-7(11)3-6(15(17)18)4-8(10)12/h3-4,13H,5H2,1-2H3. The predicted octanol–water partition coefficient (Wildman–Crippen LogP) is 1.37. The Morgan fingerprint density at radius 3 is 2.28 bits per heavy atom. The van der Waals surface area contributed by atoms with E-state index in [4.69, 9.17) is 0 Å². The molecule has 0 radical (unpaired) electrons. The minimum atomic E-state index is -1.12. The Morgan fingerprint density at radius 1 is 1.39 bits per heavy atom. The van der Waals surface area contributed by atoms with Crippen molar-refractivity contribution >= 4 is 17.3 Å². The third-order valence-electron chi connectivity index (χ3n) is 2.15. The Labute approximate surface area is 101 Å². The fourth-order valence-electron chi connectivity index (χ4n) is 1.16. The van der Waals surface area contributed by atoms with Crippen molar-refractivity contribution in [2.24, 2.45) is 0 Å². The Bertz CT molecular complexity index is 468. The third-order valence-corrected chi connectivity index (χ3v) is 2.15. The Balaban J connectivity index is 2.91. The van der Waals surface area contributed by atoms with Crippen LogP contribution in [0.25, 0.3) is 0 Å². The summed E-state index contributed by atoms with van der Waals surface area (Å²) in [7, 11) is 2.99. The van der Waals surface area contributed by atoms with Crippen LogP contribution in [0.15, 0.2) is 12.1 Å². The maximum atomic E-state index is 13.4. The molecule has 0 saturated heterocycles. The fourth-order valence-corrected chi connectivity index (χ4v) is 1.16. The molecule has 0 aliphatic heterocycles. The lowest BCUT2D eigenvalue weighted by Crippen LogP contribution is -2.29. The van der Waals surface area contributed by atoms with Crippen LogP contribution in [-0.4, -0.2) is 36.4 Å². The van der Waals surface area contributed by atoms with Crippen LogP contribution in [0.2, 0.25) is 0 Å². The Hall–Kier alpha value is -2.25. The second-order valence-electron chi connectivity index (χ2n) is 3.68. The number of carbonyl (C=O) groups is 1. The molecule has 18 heavy (non-hydrogen) atoms. The zero-order valence-corrected chi connectivity index (χ0v) is 9.74. The number of non-ortho nitro benzene ring substituents is 1. The smallest absolute Gasteiger partial charge is 0.275 e. The van der Waals surface area contributed by atoms with Gasteiger partial charge in [-0.1, -0.05) is 0 Å². The molecular weight excluding hydrogens is 248 g/mol. The summed E-state index contributed by atoms with van der Waals surface area (Å²) in [6, 6.07) is 1.18. The lowest BCUT2D eigenvalue weighted by molar-refractivity contribution is -0.385. The number of nitro groups is 1. The van der Waals surface area contributed by atoms with E-state index < -0.39 is 27.9 Å². The van der Waals surface area contributed by atoms with Crippen LogP contribution in [-0.2, 0) is 4.79 Å². The number of hydrogen-bond acceptors (Lipinski definition) is 4. The average Bonchev–Trinajstić information content (AvgIpc) is 2.26. The van der Waals surface area contributed by atoms with Crippen LogP contribution < -0.4 is 5.32 Å². The minimum Gasteiger partial charge on any atom is -0.371 e. The van der Waals surface area contributed by atoms with Gasteiger partial charge in [-0.05, 0) is 0 Å². The molecule has 0 saturated carbocycles. The number of benzene rings is 1. The van der Waals surface area contributed by atoms with Crippen LogP contribution >= 0.6 is 0 Å². The van der Waals surface area contributed by atoms with E-state index in [1.807, 2.05) is 0 Å². The molecule has 1 aromatic carbocycles. The molecule has 1 N–H and O–H groups in total. The average molecular weight is 259 g/mol. The highest BCUT2D eigenvalue weighted by Gasteiger charge is 2.17. The van der Waals surface area contributed by atoms with E-state index in [0.29, 0.717) is 12.1 Å². The summed E-state index contributed by atoms with van der Waals surface area (Å²) in [6.45, 7) is -0.307. The van der Waals surface area contributed by atoms with Gasteiger partial charge in [0.05, 0.1) is 23.6 Å². The van der Waals surface area contributed by atoms with E-state index >= 15 is 0 Å². The number of nitro benzene ring substituents is 1. The Kier molecular flexibility index (Phi) is 4.13. The first kappa shape index (κ1) is 13.8. The van der Waals surface area contributed by atoms with Gasteiger partial charge in [-0.15, -0.1) is 0 Å².